The van der Waals surface area contributed by atoms with Gasteiger partial charge in [0.1, 0.15) is 19.5 Å². The number of aromatic nitrogens is 1. The molecule has 8 heteroatoms. The van der Waals surface area contributed by atoms with Crippen LogP contribution in [-0.2, 0) is 25.6 Å². The maximum atomic E-state index is 12.2. The lowest BCUT2D eigenvalue weighted by molar-refractivity contribution is -0.119. The van der Waals surface area contributed by atoms with E-state index >= 15 is 0 Å². The van der Waals surface area contributed by atoms with Crippen LogP contribution in [0, 0.1) is 0 Å². The van der Waals surface area contributed by atoms with Crippen molar-refractivity contribution in [3.05, 3.63) is 35.0 Å². The Morgan fingerprint density at radius 2 is 2.21 bits per heavy atom. The summed E-state index contributed by atoms with van der Waals surface area (Å²) >= 11 is 1.38. The second kappa shape index (κ2) is 6.88. The first kappa shape index (κ1) is 16.3. The van der Waals surface area contributed by atoms with Crippen LogP contribution in [0.4, 0.5) is 5.69 Å². The zero-order valence-electron chi connectivity index (χ0n) is 13.4. The van der Waals surface area contributed by atoms with E-state index in [1.807, 2.05) is 29.7 Å². The van der Waals surface area contributed by atoms with Gasteiger partial charge in [0.05, 0.1) is 10.2 Å². The third-order valence-corrected chi connectivity index (χ3v) is 4.42. The van der Waals surface area contributed by atoms with Gasteiger partial charge in [-0.3, -0.25) is 9.59 Å². The molecule has 2 aromatic rings. The van der Waals surface area contributed by atoms with Crippen LogP contribution < -0.4 is 10.1 Å². The van der Waals surface area contributed by atoms with Gasteiger partial charge < -0.3 is 19.4 Å². The van der Waals surface area contributed by atoms with Crippen LogP contribution in [0.2, 0.25) is 0 Å². The molecule has 2 heterocycles. The summed E-state index contributed by atoms with van der Waals surface area (Å²) in [7, 11) is 0. The monoisotopic (exact) mass is 347 g/mol. The van der Waals surface area contributed by atoms with Crippen LogP contribution in [0.1, 0.15) is 13.8 Å². The molecule has 1 aliphatic heterocycles. The first-order valence-corrected chi connectivity index (χ1v) is 8.34. The molecule has 3 rings (SSSR count). The Hall–Kier alpha value is -2.61. The van der Waals surface area contributed by atoms with E-state index in [2.05, 4.69) is 10.3 Å². The molecule has 0 atom stereocenters. The van der Waals surface area contributed by atoms with E-state index in [0.717, 1.165) is 10.2 Å². The third kappa shape index (κ3) is 3.33. The quantitative estimate of drug-likeness (QED) is 0.921. The molecule has 0 unspecified atom stereocenters. The lowest BCUT2D eigenvalue weighted by Crippen LogP contribution is -2.19. The highest BCUT2D eigenvalue weighted by atomic mass is 32.1. The van der Waals surface area contributed by atoms with E-state index in [1.54, 1.807) is 0 Å². The van der Waals surface area contributed by atoms with Gasteiger partial charge in [-0.25, -0.2) is 0 Å². The van der Waals surface area contributed by atoms with Crippen molar-refractivity contribution in [1.29, 1.82) is 0 Å². The first-order valence-electron chi connectivity index (χ1n) is 7.53. The molecular weight excluding hydrogens is 330 g/mol. The summed E-state index contributed by atoms with van der Waals surface area (Å²) in [5.74, 6) is -0.485. The average molecular weight is 347 g/mol. The number of nitrogens with one attached hydrogen (secondary N) is 1. The standard InChI is InChI=1S/C16H17N3O4S/c1-3-19-12-5-4-11(17-10(2)20)8-14(12)24-16(19)18-15(21)13-9-22-6-7-23-13/h4-5,8-9H,3,6-7H2,1-2H3,(H,17,20). The van der Waals surface area contributed by atoms with Gasteiger partial charge in [-0.05, 0) is 25.1 Å². The molecule has 126 valence electrons. The van der Waals surface area contributed by atoms with Crippen molar-refractivity contribution in [3.8, 4) is 0 Å². The van der Waals surface area contributed by atoms with Gasteiger partial charge in [-0.1, -0.05) is 11.3 Å². The van der Waals surface area contributed by atoms with Gasteiger partial charge in [-0.2, -0.15) is 4.99 Å². The Morgan fingerprint density at radius 3 is 2.88 bits per heavy atom. The summed E-state index contributed by atoms with van der Waals surface area (Å²) in [6.45, 7) is 4.89. The number of hydrogen-bond donors (Lipinski definition) is 1. The van der Waals surface area contributed by atoms with Crippen LogP contribution in [0.25, 0.3) is 10.2 Å². The maximum Gasteiger partial charge on any atom is 0.317 e. The first-order chi connectivity index (χ1) is 11.6. The summed E-state index contributed by atoms with van der Waals surface area (Å²) in [5, 5.41) is 2.75. The zero-order chi connectivity index (χ0) is 17.1. The third-order valence-electron chi connectivity index (χ3n) is 3.38. The molecular formula is C16H17N3O4S. The fourth-order valence-corrected chi connectivity index (χ4v) is 3.50. The summed E-state index contributed by atoms with van der Waals surface area (Å²) in [6, 6.07) is 5.61. The van der Waals surface area contributed by atoms with E-state index in [1.165, 1.54) is 24.5 Å². The number of nitrogens with zero attached hydrogens (tertiary/aromatic N) is 2. The number of amides is 2. The highest BCUT2D eigenvalue weighted by Gasteiger charge is 2.15. The van der Waals surface area contributed by atoms with Gasteiger partial charge in [0.15, 0.2) is 4.80 Å². The lowest BCUT2D eigenvalue weighted by Gasteiger charge is -2.12. The maximum absolute atomic E-state index is 12.2. The normalized spacial score (nSPS) is 14.8. The molecule has 0 saturated heterocycles. The Morgan fingerprint density at radius 1 is 1.38 bits per heavy atom. The van der Waals surface area contributed by atoms with Crippen molar-refractivity contribution in [3.63, 3.8) is 0 Å². The average Bonchev–Trinajstić information content (AvgIpc) is 2.91. The van der Waals surface area contributed by atoms with Gasteiger partial charge in [-0.15, -0.1) is 0 Å². The number of anilines is 1. The molecule has 1 aliphatic rings. The highest BCUT2D eigenvalue weighted by molar-refractivity contribution is 7.16. The van der Waals surface area contributed by atoms with Gasteiger partial charge in [0.2, 0.25) is 11.7 Å². The van der Waals surface area contributed by atoms with Crippen LogP contribution in [0.5, 0.6) is 0 Å². The minimum atomic E-state index is -0.467. The van der Waals surface area contributed by atoms with Crippen molar-refractivity contribution >= 4 is 39.1 Å². The molecule has 0 radical (unpaired) electrons. The van der Waals surface area contributed by atoms with Gasteiger partial charge >= 0.3 is 5.91 Å². The summed E-state index contributed by atoms with van der Waals surface area (Å²) in [5.41, 5.74) is 1.67. The largest absolute Gasteiger partial charge is 0.494 e. The Bertz CT molecular complexity index is 894. The fraction of sp³-hybridized carbons (Fsp3) is 0.312. The number of carbonyl (C=O) groups excluding carboxylic acids is 2. The van der Waals surface area contributed by atoms with Crippen LogP contribution in [-0.4, -0.2) is 29.6 Å². The molecule has 2 amide bonds. The fourth-order valence-electron chi connectivity index (χ4n) is 2.37. The van der Waals surface area contributed by atoms with E-state index in [4.69, 9.17) is 9.47 Å². The lowest BCUT2D eigenvalue weighted by atomic mass is 10.3. The number of ether oxygens (including phenoxy) is 2. The smallest absolute Gasteiger partial charge is 0.317 e. The second-order valence-corrected chi connectivity index (χ2v) is 6.12. The van der Waals surface area contributed by atoms with Crippen LogP contribution in [0.3, 0.4) is 0 Å². The Kier molecular flexibility index (Phi) is 4.66. The van der Waals surface area contributed by atoms with Crippen molar-refractivity contribution in [1.82, 2.24) is 4.57 Å². The van der Waals surface area contributed by atoms with E-state index in [0.29, 0.717) is 30.2 Å². The van der Waals surface area contributed by atoms with E-state index < -0.39 is 5.91 Å². The molecule has 1 N–H and O–H groups in total. The highest BCUT2D eigenvalue weighted by Crippen LogP contribution is 2.22. The zero-order valence-corrected chi connectivity index (χ0v) is 14.2. The number of benzene rings is 1. The second-order valence-electron chi connectivity index (χ2n) is 5.11. The molecule has 0 fully saturated rings. The van der Waals surface area contributed by atoms with Crippen LogP contribution in [0.15, 0.2) is 35.2 Å². The van der Waals surface area contributed by atoms with Crippen molar-refractivity contribution < 1.29 is 19.1 Å². The predicted octanol–water partition coefficient (Wildman–Crippen LogP) is 2.00. The van der Waals surface area contributed by atoms with Gasteiger partial charge in [0, 0.05) is 19.2 Å². The minimum Gasteiger partial charge on any atom is -0.494 e. The topological polar surface area (TPSA) is 81.9 Å². The molecule has 0 aliphatic carbocycles. The van der Waals surface area contributed by atoms with E-state index in [9.17, 15) is 9.59 Å². The molecule has 0 spiro atoms. The molecule has 1 aromatic carbocycles. The summed E-state index contributed by atoms with van der Waals surface area (Å²) in [6.07, 6.45) is 1.30. The van der Waals surface area contributed by atoms with Crippen molar-refractivity contribution in [2.45, 2.75) is 20.4 Å². The molecule has 24 heavy (non-hydrogen) atoms. The SMILES string of the molecule is CCn1c(=NC(=O)C2=COCCO2)sc2cc(NC(C)=O)ccc21. The van der Waals surface area contributed by atoms with Crippen LogP contribution >= 0.6 is 11.3 Å². The summed E-state index contributed by atoms with van der Waals surface area (Å²) < 4.78 is 13.2. The van der Waals surface area contributed by atoms with Gasteiger partial charge in [0.25, 0.3) is 0 Å². The molecule has 1 aromatic heterocycles. The number of carbonyl (C=O) groups is 2. The molecule has 0 bridgehead atoms. The van der Waals surface area contributed by atoms with E-state index in [-0.39, 0.29) is 11.7 Å². The number of hydrogen-bond acceptors (Lipinski definition) is 5. The minimum absolute atomic E-state index is 0.111. The number of rotatable bonds is 3. The number of fused-ring (bicyclic) bond motifs is 1. The molecule has 7 nitrogen and oxygen atoms in total. The Labute approximate surface area is 142 Å². The van der Waals surface area contributed by atoms with Crippen molar-refractivity contribution in [2.24, 2.45) is 4.99 Å². The summed E-state index contributed by atoms with van der Waals surface area (Å²) in [4.78, 5) is 28.2. The number of thiazole rings is 1. The predicted molar refractivity (Wildman–Crippen MR) is 90.3 cm³/mol. The molecule has 0 saturated carbocycles. The van der Waals surface area contributed by atoms with Crippen molar-refractivity contribution in [2.75, 3.05) is 18.5 Å². The number of aryl methyl sites for hydroxylation is 1. The Balaban J connectivity index is 2.03.